The zero-order chi connectivity index (χ0) is 11.6. The van der Waals surface area contributed by atoms with E-state index >= 15 is 0 Å². The van der Waals surface area contributed by atoms with Crippen molar-refractivity contribution in [1.29, 1.82) is 0 Å². The van der Waals surface area contributed by atoms with Crippen LogP contribution in [-0.2, 0) is 4.74 Å². The van der Waals surface area contributed by atoms with Crippen molar-refractivity contribution < 1.29 is 4.74 Å². The minimum absolute atomic E-state index is 0.127. The molecule has 0 radical (unpaired) electrons. The van der Waals surface area contributed by atoms with Gasteiger partial charge in [0.1, 0.15) is 11.6 Å². The summed E-state index contributed by atoms with van der Waals surface area (Å²) in [7, 11) is 0. The molecule has 1 aliphatic heterocycles. The second-order valence-corrected chi connectivity index (χ2v) is 4.47. The number of ether oxygens (including phenoxy) is 1. The fourth-order valence-corrected chi connectivity index (χ4v) is 1.92. The van der Waals surface area contributed by atoms with E-state index < -0.39 is 0 Å². The SMILES string of the molecule is Cc1nc(NCC2(C)CCCO2)cc(=O)[nH]1. The van der Waals surface area contributed by atoms with Gasteiger partial charge >= 0.3 is 0 Å². The van der Waals surface area contributed by atoms with Gasteiger partial charge in [0.05, 0.1) is 5.60 Å². The van der Waals surface area contributed by atoms with Crippen LogP contribution in [0.15, 0.2) is 10.9 Å². The molecule has 1 saturated heterocycles. The van der Waals surface area contributed by atoms with Crippen molar-refractivity contribution in [1.82, 2.24) is 9.97 Å². The van der Waals surface area contributed by atoms with Crippen LogP contribution in [0.4, 0.5) is 5.82 Å². The van der Waals surface area contributed by atoms with Gasteiger partial charge in [0.2, 0.25) is 0 Å². The Labute approximate surface area is 94.2 Å². The van der Waals surface area contributed by atoms with Crippen molar-refractivity contribution in [2.24, 2.45) is 0 Å². The molecule has 5 heteroatoms. The molecule has 2 N–H and O–H groups in total. The van der Waals surface area contributed by atoms with E-state index in [1.807, 2.05) is 0 Å². The van der Waals surface area contributed by atoms with Gasteiger partial charge in [-0.15, -0.1) is 0 Å². The fraction of sp³-hybridized carbons (Fsp3) is 0.636. The number of aromatic amines is 1. The maximum Gasteiger partial charge on any atom is 0.252 e. The smallest absolute Gasteiger partial charge is 0.252 e. The van der Waals surface area contributed by atoms with E-state index in [4.69, 9.17) is 4.74 Å². The van der Waals surface area contributed by atoms with Gasteiger partial charge in [0.25, 0.3) is 5.56 Å². The van der Waals surface area contributed by atoms with Crippen molar-refractivity contribution in [3.63, 3.8) is 0 Å². The van der Waals surface area contributed by atoms with Crippen molar-refractivity contribution in [3.05, 3.63) is 22.2 Å². The molecular weight excluding hydrogens is 206 g/mol. The van der Waals surface area contributed by atoms with E-state index in [1.54, 1.807) is 6.92 Å². The summed E-state index contributed by atoms with van der Waals surface area (Å²) in [5.74, 6) is 1.23. The first-order valence-corrected chi connectivity index (χ1v) is 5.53. The van der Waals surface area contributed by atoms with Gasteiger partial charge < -0.3 is 15.0 Å². The number of anilines is 1. The maximum atomic E-state index is 11.2. The molecule has 1 fully saturated rings. The molecule has 1 aromatic heterocycles. The Morgan fingerprint density at radius 2 is 2.50 bits per heavy atom. The van der Waals surface area contributed by atoms with E-state index in [0.717, 1.165) is 19.4 Å². The fourth-order valence-electron chi connectivity index (χ4n) is 1.92. The molecule has 88 valence electrons. The van der Waals surface area contributed by atoms with E-state index in [-0.39, 0.29) is 11.2 Å². The molecule has 1 unspecified atom stereocenters. The lowest BCUT2D eigenvalue weighted by Crippen LogP contribution is -2.33. The number of H-pyrrole nitrogens is 1. The van der Waals surface area contributed by atoms with Crippen molar-refractivity contribution in [2.45, 2.75) is 32.3 Å². The van der Waals surface area contributed by atoms with Crippen LogP contribution in [-0.4, -0.2) is 28.7 Å². The molecule has 1 aliphatic rings. The lowest BCUT2D eigenvalue weighted by Gasteiger charge is -2.23. The maximum absolute atomic E-state index is 11.2. The van der Waals surface area contributed by atoms with Crippen molar-refractivity contribution >= 4 is 5.82 Å². The first-order valence-electron chi connectivity index (χ1n) is 5.53. The molecular formula is C11H17N3O2. The normalized spacial score (nSPS) is 24.6. The molecule has 5 nitrogen and oxygen atoms in total. The van der Waals surface area contributed by atoms with Gasteiger partial charge in [0.15, 0.2) is 0 Å². The predicted molar refractivity (Wildman–Crippen MR) is 61.7 cm³/mol. The van der Waals surface area contributed by atoms with Gasteiger partial charge in [-0.25, -0.2) is 4.98 Å². The van der Waals surface area contributed by atoms with Gasteiger partial charge in [-0.1, -0.05) is 0 Å². The number of aromatic nitrogens is 2. The quantitative estimate of drug-likeness (QED) is 0.804. The number of nitrogens with zero attached hydrogens (tertiary/aromatic N) is 1. The third-order valence-electron chi connectivity index (χ3n) is 2.80. The molecule has 0 bridgehead atoms. The topological polar surface area (TPSA) is 67.0 Å². The number of aryl methyl sites for hydroxylation is 1. The Bertz CT molecular complexity index is 421. The van der Waals surface area contributed by atoms with E-state index in [1.165, 1.54) is 6.07 Å². The second-order valence-electron chi connectivity index (χ2n) is 4.47. The molecule has 1 aromatic rings. The highest BCUT2D eigenvalue weighted by molar-refractivity contribution is 5.33. The first-order chi connectivity index (χ1) is 7.57. The largest absolute Gasteiger partial charge is 0.373 e. The summed E-state index contributed by atoms with van der Waals surface area (Å²) in [6.07, 6.45) is 2.14. The standard InChI is InChI=1S/C11H17N3O2/c1-8-13-9(6-10(15)14-8)12-7-11(2)4-3-5-16-11/h6H,3-5,7H2,1-2H3,(H2,12,13,14,15). The molecule has 0 aromatic carbocycles. The summed E-state index contributed by atoms with van der Waals surface area (Å²) >= 11 is 0. The van der Waals surface area contributed by atoms with Crippen LogP contribution in [0.2, 0.25) is 0 Å². The van der Waals surface area contributed by atoms with E-state index in [0.29, 0.717) is 18.2 Å². The van der Waals surface area contributed by atoms with E-state index in [9.17, 15) is 4.79 Å². The minimum Gasteiger partial charge on any atom is -0.373 e. The molecule has 1 atom stereocenters. The Hall–Kier alpha value is -1.36. The zero-order valence-electron chi connectivity index (χ0n) is 9.67. The van der Waals surface area contributed by atoms with Crippen LogP contribution < -0.4 is 10.9 Å². The average molecular weight is 223 g/mol. The Balaban J connectivity index is 2.01. The Morgan fingerprint density at radius 1 is 1.69 bits per heavy atom. The molecule has 0 aliphatic carbocycles. The predicted octanol–water partition coefficient (Wildman–Crippen LogP) is 1.06. The third kappa shape index (κ3) is 2.61. The summed E-state index contributed by atoms with van der Waals surface area (Å²) in [6, 6.07) is 1.46. The molecule has 2 rings (SSSR count). The average Bonchev–Trinajstić information content (AvgIpc) is 2.62. The van der Waals surface area contributed by atoms with Gasteiger partial charge in [0, 0.05) is 19.2 Å². The number of hydrogen-bond donors (Lipinski definition) is 2. The highest BCUT2D eigenvalue weighted by Gasteiger charge is 2.29. The summed E-state index contributed by atoms with van der Waals surface area (Å²) in [6.45, 7) is 5.34. The van der Waals surface area contributed by atoms with E-state index in [2.05, 4.69) is 22.2 Å². The lowest BCUT2D eigenvalue weighted by atomic mass is 10.0. The third-order valence-corrected chi connectivity index (χ3v) is 2.80. The lowest BCUT2D eigenvalue weighted by molar-refractivity contribution is 0.0314. The van der Waals surface area contributed by atoms with Crippen LogP contribution in [0.25, 0.3) is 0 Å². The number of hydrogen-bond acceptors (Lipinski definition) is 4. The van der Waals surface area contributed by atoms with Crippen LogP contribution in [0.5, 0.6) is 0 Å². The zero-order valence-corrected chi connectivity index (χ0v) is 9.67. The summed E-state index contributed by atoms with van der Waals surface area (Å²) in [5.41, 5.74) is -0.259. The Kier molecular flexibility index (Phi) is 2.96. The van der Waals surface area contributed by atoms with Crippen LogP contribution in [0.1, 0.15) is 25.6 Å². The van der Waals surface area contributed by atoms with Gasteiger partial charge in [-0.05, 0) is 26.7 Å². The van der Waals surface area contributed by atoms with Crippen molar-refractivity contribution in [3.8, 4) is 0 Å². The minimum atomic E-state index is -0.132. The first kappa shape index (κ1) is 11.1. The van der Waals surface area contributed by atoms with Gasteiger partial charge in [-0.3, -0.25) is 4.79 Å². The monoisotopic (exact) mass is 223 g/mol. The number of nitrogens with one attached hydrogen (secondary N) is 2. The summed E-state index contributed by atoms with van der Waals surface area (Å²) < 4.78 is 5.65. The Morgan fingerprint density at radius 3 is 3.12 bits per heavy atom. The van der Waals surface area contributed by atoms with Crippen molar-refractivity contribution in [2.75, 3.05) is 18.5 Å². The number of rotatable bonds is 3. The molecule has 16 heavy (non-hydrogen) atoms. The molecule has 0 spiro atoms. The van der Waals surface area contributed by atoms with Crippen LogP contribution in [0.3, 0.4) is 0 Å². The summed E-state index contributed by atoms with van der Waals surface area (Å²) in [4.78, 5) is 18.0. The molecule has 0 amide bonds. The summed E-state index contributed by atoms with van der Waals surface area (Å²) in [5, 5.41) is 3.15. The molecule has 0 saturated carbocycles. The highest BCUT2D eigenvalue weighted by Crippen LogP contribution is 2.24. The van der Waals surface area contributed by atoms with Gasteiger partial charge in [-0.2, -0.15) is 0 Å². The highest BCUT2D eigenvalue weighted by atomic mass is 16.5. The molecule has 2 heterocycles. The van der Waals surface area contributed by atoms with Crippen LogP contribution >= 0.6 is 0 Å². The second kappa shape index (κ2) is 4.25. The van der Waals surface area contributed by atoms with Crippen LogP contribution in [0, 0.1) is 6.92 Å².